The van der Waals surface area contributed by atoms with Gasteiger partial charge in [0.15, 0.2) is 0 Å². The summed E-state index contributed by atoms with van der Waals surface area (Å²) in [6, 6.07) is 0. The van der Waals surface area contributed by atoms with Gasteiger partial charge >= 0.3 is 0 Å². The molecule has 3 nitrogen and oxygen atoms in total. The molecule has 1 amide bonds. The minimum Gasteiger partial charge on any atom is -0.356 e. The van der Waals surface area contributed by atoms with E-state index in [0.29, 0.717) is 12.3 Å². The highest BCUT2D eigenvalue weighted by molar-refractivity contribution is 5.75. The smallest absolute Gasteiger partial charge is 0.220 e. The van der Waals surface area contributed by atoms with Crippen molar-refractivity contribution in [1.29, 1.82) is 0 Å². The number of hydrogen-bond acceptors (Lipinski definition) is 2. The molecule has 1 rings (SSSR count). The Labute approximate surface area is 99.4 Å². The van der Waals surface area contributed by atoms with Gasteiger partial charge in [-0.3, -0.25) is 4.79 Å². The van der Waals surface area contributed by atoms with E-state index in [4.69, 9.17) is 0 Å². The maximum absolute atomic E-state index is 11.6. The average molecular weight is 226 g/mol. The van der Waals surface area contributed by atoms with Gasteiger partial charge in [-0.05, 0) is 43.7 Å². The lowest BCUT2D eigenvalue weighted by Gasteiger charge is -2.23. The Bertz CT molecular complexity index is 214. The van der Waals surface area contributed by atoms with E-state index in [0.717, 1.165) is 26.1 Å². The number of hydrogen-bond donors (Lipinski definition) is 2. The molecule has 1 atom stereocenters. The number of carbonyl (C=O) groups excluding carboxylic acids is 1. The van der Waals surface area contributed by atoms with Crippen molar-refractivity contribution in [3.05, 3.63) is 0 Å². The summed E-state index contributed by atoms with van der Waals surface area (Å²) in [4.78, 5) is 11.6. The van der Waals surface area contributed by atoms with E-state index < -0.39 is 0 Å². The second-order valence-electron chi connectivity index (χ2n) is 6.09. The Kier molecular flexibility index (Phi) is 5.26. The zero-order valence-corrected chi connectivity index (χ0v) is 10.9. The molecule has 94 valence electrons. The molecule has 1 aliphatic rings. The lowest BCUT2D eigenvalue weighted by molar-refractivity contribution is -0.121. The van der Waals surface area contributed by atoms with E-state index in [-0.39, 0.29) is 11.3 Å². The first-order valence-electron chi connectivity index (χ1n) is 6.45. The van der Waals surface area contributed by atoms with Gasteiger partial charge in [-0.25, -0.2) is 0 Å². The Morgan fingerprint density at radius 1 is 1.44 bits per heavy atom. The molecule has 3 heteroatoms. The van der Waals surface area contributed by atoms with E-state index in [1.165, 1.54) is 12.8 Å². The van der Waals surface area contributed by atoms with Crippen LogP contribution in [0.4, 0.5) is 0 Å². The van der Waals surface area contributed by atoms with Gasteiger partial charge in [0, 0.05) is 13.0 Å². The van der Waals surface area contributed by atoms with Crippen LogP contribution in [0.15, 0.2) is 0 Å². The van der Waals surface area contributed by atoms with E-state index >= 15 is 0 Å². The molecule has 1 saturated heterocycles. The summed E-state index contributed by atoms with van der Waals surface area (Å²) in [5, 5.41) is 6.39. The fourth-order valence-electron chi connectivity index (χ4n) is 1.96. The zero-order valence-electron chi connectivity index (χ0n) is 10.9. The van der Waals surface area contributed by atoms with Crippen LogP contribution in [0.3, 0.4) is 0 Å². The Morgan fingerprint density at radius 3 is 2.75 bits per heavy atom. The molecule has 1 heterocycles. The molecule has 16 heavy (non-hydrogen) atoms. The van der Waals surface area contributed by atoms with Crippen molar-refractivity contribution < 1.29 is 4.79 Å². The van der Waals surface area contributed by atoms with Crippen LogP contribution < -0.4 is 10.6 Å². The van der Waals surface area contributed by atoms with Crippen LogP contribution in [0, 0.1) is 11.3 Å². The van der Waals surface area contributed by atoms with Gasteiger partial charge in [-0.1, -0.05) is 20.8 Å². The van der Waals surface area contributed by atoms with Crippen LogP contribution in [-0.2, 0) is 4.79 Å². The molecule has 0 saturated carbocycles. The fraction of sp³-hybridized carbons (Fsp3) is 0.923. The van der Waals surface area contributed by atoms with Gasteiger partial charge in [0.1, 0.15) is 0 Å². The van der Waals surface area contributed by atoms with E-state index in [1.807, 2.05) is 0 Å². The zero-order chi connectivity index (χ0) is 12.0. The van der Waals surface area contributed by atoms with Gasteiger partial charge in [-0.15, -0.1) is 0 Å². The summed E-state index contributed by atoms with van der Waals surface area (Å²) in [5.74, 6) is 0.912. The van der Waals surface area contributed by atoms with Gasteiger partial charge in [0.05, 0.1) is 0 Å². The van der Waals surface area contributed by atoms with E-state index in [2.05, 4.69) is 31.4 Å². The fourth-order valence-corrected chi connectivity index (χ4v) is 1.96. The SMILES string of the molecule is CC(C)(C)CNC(=O)CCC1CCCNC1. The van der Waals surface area contributed by atoms with Gasteiger partial charge < -0.3 is 10.6 Å². The van der Waals surface area contributed by atoms with Crippen molar-refractivity contribution in [2.75, 3.05) is 19.6 Å². The highest BCUT2D eigenvalue weighted by Gasteiger charge is 2.15. The largest absolute Gasteiger partial charge is 0.356 e. The summed E-state index contributed by atoms with van der Waals surface area (Å²) in [5.41, 5.74) is 0.183. The van der Waals surface area contributed by atoms with Crippen molar-refractivity contribution in [3.63, 3.8) is 0 Å². The molecule has 1 fully saturated rings. The van der Waals surface area contributed by atoms with Crippen molar-refractivity contribution in [1.82, 2.24) is 10.6 Å². The number of piperidine rings is 1. The number of rotatable bonds is 4. The second kappa shape index (κ2) is 6.24. The topological polar surface area (TPSA) is 41.1 Å². The molecule has 0 aromatic carbocycles. The van der Waals surface area contributed by atoms with Gasteiger partial charge in [-0.2, -0.15) is 0 Å². The minimum atomic E-state index is 0.183. The Morgan fingerprint density at radius 2 is 2.19 bits per heavy atom. The number of nitrogens with one attached hydrogen (secondary N) is 2. The predicted molar refractivity (Wildman–Crippen MR) is 67.3 cm³/mol. The first-order chi connectivity index (χ1) is 7.47. The maximum atomic E-state index is 11.6. The molecule has 0 aromatic heterocycles. The van der Waals surface area contributed by atoms with Crippen molar-refractivity contribution in [2.45, 2.75) is 46.5 Å². The number of amides is 1. The van der Waals surface area contributed by atoms with Crippen molar-refractivity contribution in [3.8, 4) is 0 Å². The first-order valence-corrected chi connectivity index (χ1v) is 6.45. The lowest BCUT2D eigenvalue weighted by Crippen LogP contribution is -2.34. The van der Waals surface area contributed by atoms with E-state index in [1.54, 1.807) is 0 Å². The van der Waals surface area contributed by atoms with Crippen LogP contribution in [0.5, 0.6) is 0 Å². The molecule has 0 spiro atoms. The minimum absolute atomic E-state index is 0.183. The molecular formula is C13H26N2O. The molecule has 0 bridgehead atoms. The molecule has 2 N–H and O–H groups in total. The van der Waals surface area contributed by atoms with Crippen LogP contribution >= 0.6 is 0 Å². The van der Waals surface area contributed by atoms with Crippen LogP contribution in [0.2, 0.25) is 0 Å². The molecule has 0 radical (unpaired) electrons. The Hall–Kier alpha value is -0.570. The van der Waals surface area contributed by atoms with Crippen LogP contribution in [-0.4, -0.2) is 25.5 Å². The van der Waals surface area contributed by atoms with Crippen molar-refractivity contribution in [2.24, 2.45) is 11.3 Å². The third-order valence-corrected chi connectivity index (χ3v) is 2.99. The molecule has 1 unspecified atom stereocenters. The van der Waals surface area contributed by atoms with Gasteiger partial charge in [0.2, 0.25) is 5.91 Å². The third-order valence-electron chi connectivity index (χ3n) is 2.99. The average Bonchev–Trinajstić information content (AvgIpc) is 2.24. The van der Waals surface area contributed by atoms with Gasteiger partial charge in [0.25, 0.3) is 0 Å². The molecular weight excluding hydrogens is 200 g/mol. The van der Waals surface area contributed by atoms with E-state index in [9.17, 15) is 4.79 Å². The highest BCUT2D eigenvalue weighted by Crippen LogP contribution is 2.16. The third kappa shape index (κ3) is 6.11. The van der Waals surface area contributed by atoms with Crippen molar-refractivity contribution >= 4 is 5.91 Å². The Balaban J connectivity index is 2.09. The van der Waals surface area contributed by atoms with Crippen LogP contribution in [0.25, 0.3) is 0 Å². The summed E-state index contributed by atoms with van der Waals surface area (Å²) in [6.45, 7) is 9.42. The number of carbonyl (C=O) groups is 1. The second-order valence-corrected chi connectivity index (χ2v) is 6.09. The summed E-state index contributed by atoms with van der Waals surface area (Å²) >= 11 is 0. The molecule has 0 aromatic rings. The van der Waals surface area contributed by atoms with Crippen LogP contribution in [0.1, 0.15) is 46.5 Å². The monoisotopic (exact) mass is 226 g/mol. The molecule has 1 aliphatic heterocycles. The predicted octanol–water partition coefficient (Wildman–Crippen LogP) is 1.93. The standard InChI is InChI=1S/C13H26N2O/c1-13(2,3)10-15-12(16)7-6-11-5-4-8-14-9-11/h11,14H,4-10H2,1-3H3,(H,15,16). The summed E-state index contributed by atoms with van der Waals surface area (Å²) in [6.07, 6.45) is 4.25. The highest BCUT2D eigenvalue weighted by atomic mass is 16.1. The quantitative estimate of drug-likeness (QED) is 0.769. The maximum Gasteiger partial charge on any atom is 0.220 e. The lowest BCUT2D eigenvalue weighted by atomic mass is 9.94. The first kappa shape index (κ1) is 13.5. The normalized spacial score (nSPS) is 21.8. The summed E-state index contributed by atoms with van der Waals surface area (Å²) < 4.78 is 0. The molecule has 0 aliphatic carbocycles. The summed E-state index contributed by atoms with van der Waals surface area (Å²) in [7, 11) is 0.